The number of aliphatic hydroxyl groups excluding tert-OH is 1. The number of benzene rings is 2. The van der Waals surface area contributed by atoms with Crippen LogP contribution in [0.3, 0.4) is 0 Å². The van der Waals surface area contributed by atoms with Crippen molar-refractivity contribution < 1.29 is 19.4 Å². The van der Waals surface area contributed by atoms with E-state index in [1.54, 1.807) is 0 Å². The van der Waals surface area contributed by atoms with E-state index in [-0.39, 0.29) is 17.4 Å². The molecular formula is C28H41NO4. The first kappa shape index (κ1) is 26.7. The number of aryl methyl sites for hydroxylation is 1. The Bertz CT molecular complexity index is 941. The van der Waals surface area contributed by atoms with Gasteiger partial charge >= 0.3 is 0 Å². The standard InChI is InChI=1S/C28H41NO4/c1-8-15-32-24-14-12-21(17-22(24)26(29)31)28(9-2,10-3)20-11-13-23(19(4)16-20)33-18-25(30)27(5,6)7/h11-14,16-17,25,30H,8-10,15,18H2,1-7H3,(H2,29,31). The van der Waals surface area contributed by atoms with Crippen LogP contribution >= 0.6 is 0 Å². The molecule has 0 aromatic heterocycles. The average molecular weight is 456 g/mol. The topological polar surface area (TPSA) is 81.8 Å². The molecule has 33 heavy (non-hydrogen) atoms. The van der Waals surface area contributed by atoms with Crippen LogP contribution in [-0.2, 0) is 5.41 Å². The van der Waals surface area contributed by atoms with Gasteiger partial charge in [-0.2, -0.15) is 0 Å². The van der Waals surface area contributed by atoms with E-state index in [9.17, 15) is 9.90 Å². The molecule has 1 amide bonds. The Morgan fingerprint density at radius 3 is 2.03 bits per heavy atom. The molecule has 5 heteroatoms. The summed E-state index contributed by atoms with van der Waals surface area (Å²) in [6.07, 6.45) is 2.02. The summed E-state index contributed by atoms with van der Waals surface area (Å²) >= 11 is 0. The van der Waals surface area contributed by atoms with Crippen LogP contribution < -0.4 is 15.2 Å². The highest BCUT2D eigenvalue weighted by Gasteiger charge is 2.32. The molecule has 1 unspecified atom stereocenters. The molecule has 1 atom stereocenters. The number of carbonyl (C=O) groups excluding carboxylic acids is 1. The Labute approximate surface area is 199 Å². The predicted molar refractivity (Wildman–Crippen MR) is 134 cm³/mol. The van der Waals surface area contributed by atoms with Gasteiger partial charge in [0.05, 0.1) is 18.3 Å². The van der Waals surface area contributed by atoms with E-state index in [4.69, 9.17) is 15.2 Å². The lowest BCUT2D eigenvalue weighted by atomic mass is 9.70. The molecule has 5 nitrogen and oxygen atoms in total. The van der Waals surface area contributed by atoms with Crippen molar-refractivity contribution >= 4 is 5.91 Å². The molecule has 2 aromatic rings. The number of aliphatic hydroxyl groups is 1. The molecule has 0 spiro atoms. The number of carbonyl (C=O) groups is 1. The maximum absolute atomic E-state index is 12.2. The third-order valence-electron chi connectivity index (χ3n) is 6.59. The van der Waals surface area contributed by atoms with Gasteiger partial charge < -0.3 is 20.3 Å². The smallest absolute Gasteiger partial charge is 0.252 e. The third kappa shape index (κ3) is 6.08. The van der Waals surface area contributed by atoms with E-state index >= 15 is 0 Å². The molecule has 0 aliphatic carbocycles. The van der Waals surface area contributed by atoms with Gasteiger partial charge in [0.2, 0.25) is 0 Å². The van der Waals surface area contributed by atoms with E-state index in [1.807, 2.05) is 58.9 Å². The molecule has 0 aliphatic rings. The third-order valence-corrected chi connectivity index (χ3v) is 6.59. The van der Waals surface area contributed by atoms with E-state index in [2.05, 4.69) is 26.0 Å². The highest BCUT2D eigenvalue weighted by atomic mass is 16.5. The van der Waals surface area contributed by atoms with Gasteiger partial charge in [-0.15, -0.1) is 0 Å². The second-order valence-electron chi connectivity index (χ2n) is 9.89. The Hall–Kier alpha value is -2.53. The minimum atomic E-state index is -0.553. The summed E-state index contributed by atoms with van der Waals surface area (Å²) in [6.45, 7) is 15.1. The normalized spacial score (nSPS) is 13.0. The Kier molecular flexibility index (Phi) is 8.96. The van der Waals surface area contributed by atoms with Gasteiger partial charge in [0.15, 0.2) is 0 Å². The van der Waals surface area contributed by atoms with Gasteiger partial charge in [0.25, 0.3) is 5.91 Å². The number of primary amides is 1. The fourth-order valence-corrected chi connectivity index (χ4v) is 4.12. The lowest BCUT2D eigenvalue weighted by Crippen LogP contribution is -2.32. The minimum absolute atomic E-state index is 0.238. The fourth-order valence-electron chi connectivity index (χ4n) is 4.12. The molecule has 0 aliphatic heterocycles. The van der Waals surface area contributed by atoms with Gasteiger partial charge in [-0.3, -0.25) is 4.79 Å². The quantitative estimate of drug-likeness (QED) is 0.450. The molecule has 3 N–H and O–H groups in total. The molecule has 2 aromatic carbocycles. The Balaban J connectivity index is 2.43. The van der Waals surface area contributed by atoms with Crippen LogP contribution in [0.5, 0.6) is 11.5 Å². The van der Waals surface area contributed by atoms with Crippen molar-refractivity contribution in [3.8, 4) is 11.5 Å². The van der Waals surface area contributed by atoms with Crippen LogP contribution in [0.4, 0.5) is 0 Å². The summed E-state index contributed by atoms with van der Waals surface area (Å²) in [6, 6.07) is 12.0. The Morgan fingerprint density at radius 1 is 0.970 bits per heavy atom. The SMILES string of the molecule is CCCOc1ccc(C(CC)(CC)c2ccc(OCC(O)C(C)(C)C)c(C)c2)cc1C(N)=O. The first-order valence-corrected chi connectivity index (χ1v) is 12.0. The lowest BCUT2D eigenvalue weighted by molar-refractivity contribution is 0.0216. The van der Waals surface area contributed by atoms with Crippen molar-refractivity contribution in [1.29, 1.82) is 0 Å². The predicted octanol–water partition coefficient (Wildman–Crippen LogP) is 5.77. The van der Waals surface area contributed by atoms with Crippen molar-refractivity contribution in [2.45, 2.75) is 79.2 Å². The molecule has 0 saturated carbocycles. The number of amides is 1. The van der Waals surface area contributed by atoms with Crippen LogP contribution in [-0.4, -0.2) is 30.3 Å². The second-order valence-corrected chi connectivity index (χ2v) is 9.89. The molecule has 0 fully saturated rings. The maximum Gasteiger partial charge on any atom is 0.252 e. The summed E-state index contributed by atoms with van der Waals surface area (Å²) < 4.78 is 11.7. The molecule has 2 rings (SSSR count). The van der Waals surface area contributed by atoms with Gasteiger partial charge in [-0.1, -0.05) is 59.7 Å². The van der Waals surface area contributed by atoms with E-state index in [0.717, 1.165) is 41.7 Å². The van der Waals surface area contributed by atoms with Crippen molar-refractivity contribution in [3.05, 3.63) is 58.7 Å². The number of hydrogen-bond donors (Lipinski definition) is 2. The van der Waals surface area contributed by atoms with E-state index in [0.29, 0.717) is 17.9 Å². The van der Waals surface area contributed by atoms with Crippen molar-refractivity contribution in [2.24, 2.45) is 11.1 Å². The first-order chi connectivity index (χ1) is 15.5. The first-order valence-electron chi connectivity index (χ1n) is 12.0. The summed E-state index contributed by atoms with van der Waals surface area (Å²) in [5, 5.41) is 10.3. The highest BCUT2D eigenvalue weighted by molar-refractivity contribution is 5.96. The van der Waals surface area contributed by atoms with Crippen LogP contribution in [0.15, 0.2) is 36.4 Å². The zero-order valence-corrected chi connectivity index (χ0v) is 21.3. The van der Waals surface area contributed by atoms with Gasteiger partial charge in [-0.05, 0) is 66.5 Å². The van der Waals surface area contributed by atoms with E-state index in [1.165, 1.54) is 0 Å². The summed E-state index contributed by atoms with van der Waals surface area (Å²) in [7, 11) is 0. The Morgan fingerprint density at radius 2 is 1.55 bits per heavy atom. The summed E-state index contributed by atoms with van der Waals surface area (Å²) in [5.41, 5.74) is 8.81. The molecule has 0 heterocycles. The van der Waals surface area contributed by atoms with Crippen LogP contribution in [0.2, 0.25) is 0 Å². The number of nitrogens with two attached hydrogens (primary N) is 1. The molecular weight excluding hydrogens is 414 g/mol. The van der Waals surface area contributed by atoms with Crippen molar-refractivity contribution in [3.63, 3.8) is 0 Å². The maximum atomic E-state index is 12.2. The number of ether oxygens (including phenoxy) is 2. The van der Waals surface area contributed by atoms with Crippen LogP contribution in [0.1, 0.15) is 87.9 Å². The molecule has 182 valence electrons. The number of hydrogen-bond acceptors (Lipinski definition) is 4. The minimum Gasteiger partial charge on any atom is -0.493 e. The zero-order valence-electron chi connectivity index (χ0n) is 21.3. The second kappa shape index (κ2) is 11.1. The molecule has 0 saturated heterocycles. The lowest BCUT2D eigenvalue weighted by Gasteiger charge is -2.34. The van der Waals surface area contributed by atoms with E-state index < -0.39 is 12.0 Å². The van der Waals surface area contributed by atoms with Gasteiger partial charge in [0.1, 0.15) is 18.1 Å². The summed E-state index contributed by atoms with van der Waals surface area (Å²) in [5.74, 6) is 0.817. The average Bonchev–Trinajstić information content (AvgIpc) is 2.77. The van der Waals surface area contributed by atoms with Crippen molar-refractivity contribution in [1.82, 2.24) is 0 Å². The molecule has 0 radical (unpaired) electrons. The van der Waals surface area contributed by atoms with Crippen molar-refractivity contribution in [2.75, 3.05) is 13.2 Å². The zero-order chi connectivity index (χ0) is 24.8. The number of rotatable bonds is 11. The highest BCUT2D eigenvalue weighted by Crippen LogP contribution is 2.41. The fraction of sp³-hybridized carbons (Fsp3) is 0.536. The van der Waals surface area contributed by atoms with Gasteiger partial charge in [-0.25, -0.2) is 0 Å². The molecule has 0 bridgehead atoms. The summed E-state index contributed by atoms with van der Waals surface area (Å²) in [4.78, 5) is 12.2. The monoisotopic (exact) mass is 455 g/mol. The van der Waals surface area contributed by atoms with Gasteiger partial charge in [0, 0.05) is 5.41 Å². The largest absolute Gasteiger partial charge is 0.493 e. The van der Waals surface area contributed by atoms with Crippen LogP contribution in [0.25, 0.3) is 0 Å². The van der Waals surface area contributed by atoms with Crippen LogP contribution in [0, 0.1) is 12.3 Å².